The van der Waals surface area contributed by atoms with Crippen LogP contribution in [0.2, 0.25) is 0 Å². The van der Waals surface area contributed by atoms with Gasteiger partial charge in [-0.1, -0.05) is 42.0 Å². The molecule has 9 heteroatoms. The van der Waals surface area contributed by atoms with Crippen LogP contribution in [0.15, 0.2) is 69.8 Å². The SMILES string of the molecule is Cc1ccc(Cn2c(=O)c3ccccc3n3c(Sc4ncnc5sc6c(c45)CCC6)nnc23)cc1. The molecule has 2 aromatic carbocycles. The standard InChI is InChI=1S/C26H20N6OS2/c1-15-9-11-16(12-10-15)13-31-24(33)17-5-2-3-7-19(17)32-25(31)29-30-26(32)35-23-21-18-6-4-8-20(18)34-22(21)27-14-28-23/h2-3,5,7,9-12,14H,4,6,8,13H2,1H3. The van der Waals surface area contributed by atoms with Crippen LogP contribution in [0.4, 0.5) is 0 Å². The zero-order valence-electron chi connectivity index (χ0n) is 18.9. The molecule has 1 aliphatic rings. The number of benzene rings is 2. The average Bonchev–Trinajstić information content (AvgIpc) is 3.58. The van der Waals surface area contributed by atoms with Crippen molar-refractivity contribution in [3.05, 3.63) is 86.8 Å². The maximum absolute atomic E-state index is 13.5. The molecule has 0 aliphatic heterocycles. The highest BCUT2D eigenvalue weighted by atomic mass is 32.2. The first kappa shape index (κ1) is 20.8. The lowest BCUT2D eigenvalue weighted by Crippen LogP contribution is -2.24. The number of hydrogen-bond donors (Lipinski definition) is 0. The van der Waals surface area contributed by atoms with Gasteiger partial charge in [0.1, 0.15) is 16.2 Å². The fraction of sp³-hybridized carbons (Fsp3) is 0.192. The summed E-state index contributed by atoms with van der Waals surface area (Å²) in [5, 5.41) is 12.4. The van der Waals surface area contributed by atoms with Gasteiger partial charge in [-0.3, -0.25) is 13.8 Å². The maximum Gasteiger partial charge on any atom is 0.263 e. The number of fused-ring (bicyclic) bond motifs is 6. The minimum atomic E-state index is -0.0716. The molecule has 0 unspecified atom stereocenters. The van der Waals surface area contributed by atoms with Crippen molar-refractivity contribution >= 4 is 50.0 Å². The van der Waals surface area contributed by atoms with Gasteiger partial charge in [-0.2, -0.15) is 0 Å². The van der Waals surface area contributed by atoms with E-state index in [-0.39, 0.29) is 5.56 Å². The molecule has 7 nitrogen and oxygen atoms in total. The molecule has 0 atom stereocenters. The lowest BCUT2D eigenvalue weighted by Gasteiger charge is -2.11. The van der Waals surface area contributed by atoms with Crippen molar-refractivity contribution in [2.75, 3.05) is 0 Å². The summed E-state index contributed by atoms with van der Waals surface area (Å²) in [4.78, 5) is 25.1. The number of aromatic nitrogens is 6. The third-order valence-electron chi connectivity index (χ3n) is 6.59. The summed E-state index contributed by atoms with van der Waals surface area (Å²) >= 11 is 3.26. The van der Waals surface area contributed by atoms with Gasteiger partial charge < -0.3 is 0 Å². The van der Waals surface area contributed by atoms with Crippen LogP contribution in [0.5, 0.6) is 0 Å². The van der Waals surface area contributed by atoms with Crippen molar-refractivity contribution < 1.29 is 0 Å². The smallest absolute Gasteiger partial charge is 0.263 e. The van der Waals surface area contributed by atoms with E-state index in [2.05, 4.69) is 39.2 Å². The van der Waals surface area contributed by atoms with Gasteiger partial charge in [0.15, 0.2) is 0 Å². The number of hydrogen-bond acceptors (Lipinski definition) is 7. The first-order chi connectivity index (χ1) is 17.2. The van der Waals surface area contributed by atoms with Crippen LogP contribution in [-0.2, 0) is 19.4 Å². The quantitative estimate of drug-likeness (QED) is 0.318. The second-order valence-electron chi connectivity index (χ2n) is 8.83. The molecule has 0 fully saturated rings. The van der Waals surface area contributed by atoms with Crippen molar-refractivity contribution in [3.8, 4) is 0 Å². The van der Waals surface area contributed by atoms with Crippen LogP contribution in [-0.4, -0.2) is 29.1 Å². The second-order valence-corrected chi connectivity index (χ2v) is 10.9. The van der Waals surface area contributed by atoms with Crippen molar-refractivity contribution in [3.63, 3.8) is 0 Å². The minimum absolute atomic E-state index is 0.0716. The van der Waals surface area contributed by atoms with Gasteiger partial charge in [-0.25, -0.2) is 9.97 Å². The topological polar surface area (TPSA) is 78.0 Å². The lowest BCUT2D eigenvalue weighted by atomic mass is 10.1. The molecule has 0 N–H and O–H groups in total. The molecular weight excluding hydrogens is 476 g/mol. The fourth-order valence-corrected chi connectivity index (χ4v) is 7.12. The Labute approximate surface area is 208 Å². The summed E-state index contributed by atoms with van der Waals surface area (Å²) < 4.78 is 3.69. The van der Waals surface area contributed by atoms with Crippen molar-refractivity contribution in [2.45, 2.75) is 42.9 Å². The monoisotopic (exact) mass is 496 g/mol. The molecule has 0 saturated heterocycles. The van der Waals surface area contributed by atoms with Crippen LogP contribution >= 0.6 is 23.1 Å². The van der Waals surface area contributed by atoms with Gasteiger partial charge in [-0.15, -0.1) is 21.5 Å². The predicted octanol–water partition coefficient (Wildman–Crippen LogP) is 5.05. The van der Waals surface area contributed by atoms with Gasteiger partial charge in [0, 0.05) is 10.3 Å². The molecule has 7 rings (SSSR count). The molecule has 35 heavy (non-hydrogen) atoms. The molecule has 6 aromatic rings. The van der Waals surface area contributed by atoms with Crippen LogP contribution in [0, 0.1) is 6.92 Å². The summed E-state index contributed by atoms with van der Waals surface area (Å²) in [5.41, 5.74) is 4.32. The number of nitrogens with zero attached hydrogens (tertiary/aromatic N) is 6. The number of aryl methyl sites for hydroxylation is 3. The number of thiophene rings is 1. The van der Waals surface area contributed by atoms with E-state index in [0.717, 1.165) is 39.2 Å². The fourth-order valence-electron chi connectivity index (χ4n) is 4.88. The predicted molar refractivity (Wildman–Crippen MR) is 139 cm³/mol. The van der Waals surface area contributed by atoms with E-state index < -0.39 is 0 Å². The summed E-state index contributed by atoms with van der Waals surface area (Å²) in [5.74, 6) is 0.526. The summed E-state index contributed by atoms with van der Waals surface area (Å²) in [6.07, 6.45) is 4.99. The highest BCUT2D eigenvalue weighted by Crippen LogP contribution is 2.41. The van der Waals surface area contributed by atoms with Gasteiger partial charge >= 0.3 is 0 Å². The van der Waals surface area contributed by atoms with E-state index in [1.165, 1.54) is 34.2 Å². The van der Waals surface area contributed by atoms with Crippen molar-refractivity contribution in [2.24, 2.45) is 0 Å². The van der Waals surface area contributed by atoms with Gasteiger partial charge in [0.05, 0.1) is 17.4 Å². The van der Waals surface area contributed by atoms with E-state index in [9.17, 15) is 4.79 Å². The summed E-state index contributed by atoms with van der Waals surface area (Å²) in [7, 11) is 0. The van der Waals surface area contributed by atoms with Crippen molar-refractivity contribution in [1.82, 2.24) is 29.1 Å². The van der Waals surface area contributed by atoms with E-state index in [1.807, 2.05) is 40.8 Å². The molecule has 0 bridgehead atoms. The van der Waals surface area contributed by atoms with Crippen LogP contribution in [0.25, 0.3) is 26.9 Å². The Bertz CT molecular complexity index is 1820. The summed E-state index contributed by atoms with van der Waals surface area (Å²) in [6, 6.07) is 15.9. The first-order valence-corrected chi connectivity index (χ1v) is 13.2. The van der Waals surface area contributed by atoms with Gasteiger partial charge in [0.25, 0.3) is 5.56 Å². The van der Waals surface area contributed by atoms with Crippen LogP contribution in [0.3, 0.4) is 0 Å². The molecule has 4 aromatic heterocycles. The Morgan fingerprint density at radius 2 is 1.89 bits per heavy atom. The Hall–Kier alpha value is -3.56. The van der Waals surface area contributed by atoms with E-state index >= 15 is 0 Å². The number of para-hydroxylation sites is 1. The molecular formula is C26H20N6OS2. The van der Waals surface area contributed by atoms with E-state index in [0.29, 0.717) is 22.9 Å². The average molecular weight is 497 g/mol. The zero-order chi connectivity index (χ0) is 23.5. The Morgan fingerprint density at radius 3 is 2.77 bits per heavy atom. The van der Waals surface area contributed by atoms with Gasteiger partial charge in [0.2, 0.25) is 10.9 Å². The third-order valence-corrected chi connectivity index (χ3v) is 8.74. The molecule has 0 saturated carbocycles. The Morgan fingerprint density at radius 1 is 1.03 bits per heavy atom. The Balaban J connectivity index is 1.43. The maximum atomic E-state index is 13.5. The molecule has 0 amide bonds. The van der Waals surface area contributed by atoms with Crippen LogP contribution < -0.4 is 5.56 Å². The van der Waals surface area contributed by atoms with Gasteiger partial charge in [-0.05, 0) is 61.2 Å². The molecule has 0 radical (unpaired) electrons. The normalized spacial score (nSPS) is 13.3. The lowest BCUT2D eigenvalue weighted by molar-refractivity contribution is 0.763. The third kappa shape index (κ3) is 3.30. The molecule has 0 spiro atoms. The highest BCUT2D eigenvalue weighted by Gasteiger charge is 2.24. The molecule has 1 aliphatic carbocycles. The molecule has 4 heterocycles. The van der Waals surface area contributed by atoms with E-state index in [4.69, 9.17) is 0 Å². The van der Waals surface area contributed by atoms with Crippen molar-refractivity contribution in [1.29, 1.82) is 0 Å². The zero-order valence-corrected chi connectivity index (χ0v) is 20.6. The van der Waals surface area contributed by atoms with Crippen LogP contribution in [0.1, 0.15) is 28.0 Å². The number of rotatable bonds is 4. The summed E-state index contributed by atoms with van der Waals surface area (Å²) in [6.45, 7) is 2.48. The Kier molecular flexibility index (Phi) is 4.75. The largest absolute Gasteiger partial charge is 0.272 e. The van der Waals surface area contributed by atoms with E-state index in [1.54, 1.807) is 22.2 Å². The molecule has 172 valence electrons. The highest BCUT2D eigenvalue weighted by molar-refractivity contribution is 7.99. The second kappa shape index (κ2) is 8.00. The first-order valence-electron chi connectivity index (χ1n) is 11.5. The minimum Gasteiger partial charge on any atom is -0.272 e.